The summed E-state index contributed by atoms with van der Waals surface area (Å²) in [6, 6.07) is 9.59. The van der Waals surface area contributed by atoms with Crippen LogP contribution < -0.4 is 0 Å². The molecule has 5 heteroatoms. The van der Waals surface area contributed by atoms with Gasteiger partial charge in [0, 0.05) is 20.2 Å². The van der Waals surface area contributed by atoms with Gasteiger partial charge in [0.25, 0.3) is 0 Å². The fourth-order valence-electron chi connectivity index (χ4n) is 2.02. The molecule has 1 rings (SSSR count). The Labute approximate surface area is 125 Å². The van der Waals surface area contributed by atoms with E-state index in [1.165, 1.54) is 7.11 Å². The molecule has 1 atom stereocenters. The van der Waals surface area contributed by atoms with Gasteiger partial charge in [0.05, 0.1) is 26.1 Å². The van der Waals surface area contributed by atoms with Gasteiger partial charge in [-0.15, -0.1) is 0 Å². The van der Waals surface area contributed by atoms with Gasteiger partial charge >= 0.3 is 5.97 Å². The number of rotatable bonds is 8. The SMILES string of the molecule is COCCN(CCC(=O)OC)C(=O)C(C)c1ccccc1. The highest BCUT2D eigenvalue weighted by Gasteiger charge is 2.22. The van der Waals surface area contributed by atoms with Gasteiger partial charge < -0.3 is 14.4 Å². The van der Waals surface area contributed by atoms with Gasteiger partial charge in [0.2, 0.25) is 5.91 Å². The third kappa shape index (κ3) is 5.55. The van der Waals surface area contributed by atoms with Crippen molar-refractivity contribution in [2.45, 2.75) is 19.3 Å². The molecular formula is C16H23NO4. The van der Waals surface area contributed by atoms with Gasteiger partial charge in [0.1, 0.15) is 0 Å². The summed E-state index contributed by atoms with van der Waals surface area (Å²) in [6.07, 6.45) is 0.188. The van der Waals surface area contributed by atoms with Crippen LogP contribution in [0.25, 0.3) is 0 Å². The van der Waals surface area contributed by atoms with E-state index in [1.54, 1.807) is 12.0 Å². The van der Waals surface area contributed by atoms with Crippen LogP contribution in [-0.2, 0) is 19.1 Å². The van der Waals surface area contributed by atoms with E-state index in [4.69, 9.17) is 4.74 Å². The van der Waals surface area contributed by atoms with Crippen LogP contribution in [0.5, 0.6) is 0 Å². The maximum Gasteiger partial charge on any atom is 0.307 e. The highest BCUT2D eigenvalue weighted by atomic mass is 16.5. The van der Waals surface area contributed by atoms with Crippen molar-refractivity contribution in [3.63, 3.8) is 0 Å². The molecule has 0 aliphatic heterocycles. The van der Waals surface area contributed by atoms with Crippen molar-refractivity contribution in [1.82, 2.24) is 4.90 Å². The molecule has 0 spiro atoms. The quantitative estimate of drug-likeness (QED) is 0.686. The molecule has 0 saturated heterocycles. The van der Waals surface area contributed by atoms with Crippen molar-refractivity contribution >= 4 is 11.9 Å². The van der Waals surface area contributed by atoms with Gasteiger partial charge in [0.15, 0.2) is 0 Å². The lowest BCUT2D eigenvalue weighted by Crippen LogP contribution is -2.38. The monoisotopic (exact) mass is 293 g/mol. The molecule has 0 heterocycles. The lowest BCUT2D eigenvalue weighted by atomic mass is 10.00. The molecule has 1 aromatic rings. The third-order valence-electron chi connectivity index (χ3n) is 3.36. The molecule has 21 heavy (non-hydrogen) atoms. The smallest absolute Gasteiger partial charge is 0.307 e. The number of methoxy groups -OCH3 is 2. The first-order chi connectivity index (χ1) is 10.1. The van der Waals surface area contributed by atoms with E-state index in [9.17, 15) is 9.59 Å². The Morgan fingerprint density at radius 1 is 1.14 bits per heavy atom. The number of hydrogen-bond acceptors (Lipinski definition) is 4. The van der Waals surface area contributed by atoms with Crippen LogP contribution in [0.1, 0.15) is 24.8 Å². The molecule has 116 valence electrons. The Morgan fingerprint density at radius 3 is 2.38 bits per heavy atom. The summed E-state index contributed by atoms with van der Waals surface area (Å²) in [7, 11) is 2.93. The molecule has 0 saturated carbocycles. The van der Waals surface area contributed by atoms with Crippen LogP contribution >= 0.6 is 0 Å². The molecule has 1 amide bonds. The first kappa shape index (κ1) is 17.2. The molecule has 0 N–H and O–H groups in total. The summed E-state index contributed by atoms with van der Waals surface area (Å²) in [4.78, 5) is 25.5. The maximum absolute atomic E-state index is 12.6. The molecule has 0 bridgehead atoms. The van der Waals surface area contributed by atoms with Crippen LogP contribution in [0.2, 0.25) is 0 Å². The average Bonchev–Trinajstić information content (AvgIpc) is 2.54. The Balaban J connectivity index is 2.71. The Hall–Kier alpha value is -1.88. The zero-order valence-corrected chi connectivity index (χ0v) is 12.9. The van der Waals surface area contributed by atoms with Gasteiger partial charge in [-0.1, -0.05) is 30.3 Å². The second kappa shape index (κ2) is 9.13. The van der Waals surface area contributed by atoms with E-state index in [0.29, 0.717) is 19.7 Å². The molecule has 5 nitrogen and oxygen atoms in total. The van der Waals surface area contributed by atoms with Gasteiger partial charge in [-0.05, 0) is 12.5 Å². The van der Waals surface area contributed by atoms with E-state index < -0.39 is 0 Å². The van der Waals surface area contributed by atoms with Crippen molar-refractivity contribution in [3.05, 3.63) is 35.9 Å². The minimum absolute atomic E-state index is 0.0119. The molecule has 0 aromatic heterocycles. The molecule has 0 radical (unpaired) electrons. The minimum Gasteiger partial charge on any atom is -0.469 e. The Morgan fingerprint density at radius 2 is 1.81 bits per heavy atom. The summed E-state index contributed by atoms with van der Waals surface area (Å²) in [5, 5.41) is 0. The first-order valence-electron chi connectivity index (χ1n) is 6.99. The minimum atomic E-state index is -0.322. The molecule has 1 unspecified atom stereocenters. The summed E-state index contributed by atoms with van der Waals surface area (Å²) >= 11 is 0. The van der Waals surface area contributed by atoms with Crippen LogP contribution in [0.3, 0.4) is 0 Å². The Kier molecular flexibility index (Phi) is 7.46. The fraction of sp³-hybridized carbons (Fsp3) is 0.500. The molecule has 0 aliphatic carbocycles. The third-order valence-corrected chi connectivity index (χ3v) is 3.36. The maximum atomic E-state index is 12.6. The second-order valence-corrected chi connectivity index (χ2v) is 4.78. The zero-order chi connectivity index (χ0) is 15.7. The van der Waals surface area contributed by atoms with Crippen molar-refractivity contribution in [2.24, 2.45) is 0 Å². The van der Waals surface area contributed by atoms with Gasteiger partial charge in [-0.2, -0.15) is 0 Å². The molecule has 0 aliphatic rings. The Bertz CT molecular complexity index is 447. The standard InChI is InChI=1S/C16H23NO4/c1-13(14-7-5-4-6-8-14)16(19)17(11-12-20-2)10-9-15(18)21-3/h4-8,13H,9-12H2,1-3H3. The van der Waals surface area contributed by atoms with Crippen molar-refractivity contribution < 1.29 is 19.1 Å². The number of carbonyl (C=O) groups is 2. The molecule has 1 aromatic carbocycles. The van der Waals surface area contributed by atoms with Crippen molar-refractivity contribution in [1.29, 1.82) is 0 Å². The second-order valence-electron chi connectivity index (χ2n) is 4.78. The fourth-order valence-corrected chi connectivity index (χ4v) is 2.02. The van der Waals surface area contributed by atoms with E-state index in [1.807, 2.05) is 37.3 Å². The number of nitrogens with zero attached hydrogens (tertiary/aromatic N) is 1. The van der Waals surface area contributed by atoms with Crippen molar-refractivity contribution in [2.75, 3.05) is 33.9 Å². The number of esters is 1. The van der Waals surface area contributed by atoms with Gasteiger partial charge in [-0.3, -0.25) is 9.59 Å². The normalized spacial score (nSPS) is 11.8. The van der Waals surface area contributed by atoms with E-state index in [-0.39, 0.29) is 24.2 Å². The first-order valence-corrected chi connectivity index (χ1v) is 6.99. The summed E-state index contributed by atoms with van der Waals surface area (Å²) in [6.45, 7) is 3.11. The number of amides is 1. The predicted molar refractivity (Wildman–Crippen MR) is 79.9 cm³/mol. The van der Waals surface area contributed by atoms with Crippen LogP contribution in [-0.4, -0.2) is 50.7 Å². The average molecular weight is 293 g/mol. The lowest BCUT2D eigenvalue weighted by Gasteiger charge is -2.25. The van der Waals surface area contributed by atoms with Crippen molar-refractivity contribution in [3.8, 4) is 0 Å². The van der Waals surface area contributed by atoms with E-state index in [0.717, 1.165) is 5.56 Å². The zero-order valence-electron chi connectivity index (χ0n) is 12.9. The highest BCUT2D eigenvalue weighted by molar-refractivity contribution is 5.83. The summed E-state index contributed by atoms with van der Waals surface area (Å²) in [5.41, 5.74) is 0.961. The largest absolute Gasteiger partial charge is 0.469 e. The van der Waals surface area contributed by atoms with Crippen LogP contribution in [0.4, 0.5) is 0 Å². The summed E-state index contributed by atoms with van der Waals surface area (Å²) < 4.78 is 9.65. The predicted octanol–water partition coefficient (Wildman–Crippen LogP) is 1.83. The number of ether oxygens (including phenoxy) is 2. The van der Waals surface area contributed by atoms with E-state index in [2.05, 4.69) is 4.74 Å². The summed E-state index contributed by atoms with van der Waals surface area (Å²) in [5.74, 6) is -0.583. The molecular weight excluding hydrogens is 270 g/mol. The number of hydrogen-bond donors (Lipinski definition) is 0. The molecule has 0 fully saturated rings. The number of carbonyl (C=O) groups excluding carboxylic acids is 2. The highest BCUT2D eigenvalue weighted by Crippen LogP contribution is 2.17. The number of benzene rings is 1. The topological polar surface area (TPSA) is 55.8 Å². The lowest BCUT2D eigenvalue weighted by molar-refractivity contribution is -0.142. The van der Waals surface area contributed by atoms with E-state index >= 15 is 0 Å². The van der Waals surface area contributed by atoms with Gasteiger partial charge in [-0.25, -0.2) is 0 Å². The van der Waals surface area contributed by atoms with Crippen LogP contribution in [0.15, 0.2) is 30.3 Å². The van der Waals surface area contributed by atoms with Crippen LogP contribution in [0, 0.1) is 0 Å².